The largest absolute Gasteiger partial charge is 0.462 e. The zero-order chi connectivity index (χ0) is 49.3. The minimum Gasteiger partial charge on any atom is -0.462 e. The van der Waals surface area contributed by atoms with Crippen molar-refractivity contribution in [3.8, 4) is 0 Å². The summed E-state index contributed by atoms with van der Waals surface area (Å²) in [6, 6.07) is 0. The van der Waals surface area contributed by atoms with Crippen molar-refractivity contribution in [2.45, 2.75) is 290 Å². The van der Waals surface area contributed by atoms with E-state index in [-0.39, 0.29) is 31.1 Å². The van der Waals surface area contributed by atoms with Crippen molar-refractivity contribution in [2.24, 2.45) is 0 Å². The summed E-state index contributed by atoms with van der Waals surface area (Å²) in [6.45, 7) is 6.51. The van der Waals surface area contributed by atoms with Crippen LogP contribution in [0, 0.1) is 0 Å². The third kappa shape index (κ3) is 53.8. The second-order valence-electron chi connectivity index (χ2n) is 19.2. The van der Waals surface area contributed by atoms with Crippen LogP contribution in [-0.2, 0) is 28.6 Å². The summed E-state index contributed by atoms with van der Waals surface area (Å²) in [6.07, 6.45) is 71.7. The van der Waals surface area contributed by atoms with Crippen molar-refractivity contribution in [3.63, 3.8) is 0 Å². The van der Waals surface area contributed by atoms with Crippen molar-refractivity contribution in [1.82, 2.24) is 0 Å². The first kappa shape index (κ1) is 64.8. The molecule has 1 unspecified atom stereocenters. The van der Waals surface area contributed by atoms with E-state index in [1.807, 2.05) is 0 Å². The molecule has 0 aromatic carbocycles. The predicted molar refractivity (Wildman–Crippen MR) is 293 cm³/mol. The fourth-order valence-corrected chi connectivity index (χ4v) is 8.11. The lowest BCUT2D eigenvalue weighted by atomic mass is 10.0. The van der Waals surface area contributed by atoms with E-state index in [0.29, 0.717) is 19.3 Å². The molecule has 0 fully saturated rings. The van der Waals surface area contributed by atoms with Gasteiger partial charge < -0.3 is 14.2 Å². The van der Waals surface area contributed by atoms with E-state index in [9.17, 15) is 14.4 Å². The first-order valence-electron chi connectivity index (χ1n) is 28.9. The molecule has 0 aromatic heterocycles. The SMILES string of the molecule is CC/C=C\C/C=C\C/C=C\C/C=C\CCCCCCCCC(=O)OCC(COC(=O)CCCCCCCCCCCCCCCCC)OC(=O)CCCCCCC/C=C\C/C=C\CCCCCC. The van der Waals surface area contributed by atoms with Gasteiger partial charge in [0.1, 0.15) is 13.2 Å². The molecule has 0 rings (SSSR count). The molecule has 0 aliphatic carbocycles. The second kappa shape index (κ2) is 56.4. The minimum atomic E-state index is -0.788. The molecule has 6 heteroatoms. The Morgan fingerprint density at radius 2 is 0.574 bits per heavy atom. The molecule has 0 N–H and O–H groups in total. The van der Waals surface area contributed by atoms with Crippen molar-refractivity contribution in [2.75, 3.05) is 13.2 Å². The molecule has 0 heterocycles. The number of carbonyl (C=O) groups is 3. The maximum Gasteiger partial charge on any atom is 0.306 e. The summed E-state index contributed by atoms with van der Waals surface area (Å²) in [4.78, 5) is 38.2. The molecule has 0 radical (unpaired) electrons. The zero-order valence-electron chi connectivity index (χ0n) is 44.9. The summed E-state index contributed by atoms with van der Waals surface area (Å²) >= 11 is 0. The number of unbranched alkanes of at least 4 members (excludes halogenated alkanes) is 29. The highest BCUT2D eigenvalue weighted by molar-refractivity contribution is 5.71. The van der Waals surface area contributed by atoms with Crippen LogP contribution in [0.5, 0.6) is 0 Å². The van der Waals surface area contributed by atoms with E-state index in [4.69, 9.17) is 14.2 Å². The van der Waals surface area contributed by atoms with Gasteiger partial charge in [-0.2, -0.15) is 0 Å². The maximum absolute atomic E-state index is 12.9. The topological polar surface area (TPSA) is 78.9 Å². The van der Waals surface area contributed by atoms with Gasteiger partial charge >= 0.3 is 17.9 Å². The number of ether oxygens (including phenoxy) is 3. The van der Waals surface area contributed by atoms with Crippen LogP contribution in [0.4, 0.5) is 0 Å². The molecular formula is C62H108O6. The number of hydrogen-bond donors (Lipinski definition) is 0. The molecule has 0 amide bonds. The Hall–Kier alpha value is -3.15. The van der Waals surface area contributed by atoms with Gasteiger partial charge in [0, 0.05) is 19.3 Å². The van der Waals surface area contributed by atoms with Gasteiger partial charge in [-0.1, -0.05) is 248 Å². The number of hydrogen-bond acceptors (Lipinski definition) is 6. The number of esters is 3. The van der Waals surface area contributed by atoms with E-state index in [1.54, 1.807) is 0 Å². The monoisotopic (exact) mass is 949 g/mol. The van der Waals surface area contributed by atoms with Crippen LogP contribution in [0.2, 0.25) is 0 Å². The molecule has 0 saturated heterocycles. The van der Waals surface area contributed by atoms with Gasteiger partial charge in [0.25, 0.3) is 0 Å². The van der Waals surface area contributed by atoms with Gasteiger partial charge in [0.2, 0.25) is 0 Å². The van der Waals surface area contributed by atoms with Crippen molar-refractivity contribution < 1.29 is 28.6 Å². The molecule has 68 heavy (non-hydrogen) atoms. The van der Waals surface area contributed by atoms with E-state index >= 15 is 0 Å². The Labute approximate surface area is 421 Å². The molecule has 0 bridgehead atoms. The summed E-state index contributed by atoms with van der Waals surface area (Å²) < 4.78 is 16.9. The number of rotatable bonds is 52. The lowest BCUT2D eigenvalue weighted by molar-refractivity contribution is -0.167. The average molecular weight is 950 g/mol. The van der Waals surface area contributed by atoms with Crippen LogP contribution in [0.3, 0.4) is 0 Å². The molecule has 1 atom stereocenters. The minimum absolute atomic E-state index is 0.0836. The van der Waals surface area contributed by atoms with Crippen molar-refractivity contribution in [3.05, 3.63) is 72.9 Å². The van der Waals surface area contributed by atoms with Gasteiger partial charge in [0.15, 0.2) is 6.10 Å². The molecule has 6 nitrogen and oxygen atoms in total. The van der Waals surface area contributed by atoms with Crippen molar-refractivity contribution in [1.29, 1.82) is 0 Å². The Morgan fingerprint density at radius 1 is 0.309 bits per heavy atom. The predicted octanol–water partition coefficient (Wildman–Crippen LogP) is 19.4. The smallest absolute Gasteiger partial charge is 0.306 e. The van der Waals surface area contributed by atoms with E-state index in [0.717, 1.165) is 116 Å². The van der Waals surface area contributed by atoms with E-state index < -0.39 is 6.10 Å². The van der Waals surface area contributed by atoms with Gasteiger partial charge in [-0.15, -0.1) is 0 Å². The maximum atomic E-state index is 12.9. The molecule has 0 saturated carbocycles. The lowest BCUT2D eigenvalue weighted by Crippen LogP contribution is -2.30. The fraction of sp³-hybridized carbons (Fsp3) is 0.758. The van der Waals surface area contributed by atoms with Crippen LogP contribution < -0.4 is 0 Å². The van der Waals surface area contributed by atoms with Crippen LogP contribution in [0.15, 0.2) is 72.9 Å². The molecule has 0 aromatic rings. The van der Waals surface area contributed by atoms with E-state index in [2.05, 4.69) is 93.7 Å². The molecule has 0 aliphatic rings. The third-order valence-corrected chi connectivity index (χ3v) is 12.4. The summed E-state index contributed by atoms with van der Waals surface area (Å²) in [5.74, 6) is -0.902. The summed E-state index contributed by atoms with van der Waals surface area (Å²) in [5, 5.41) is 0. The Balaban J connectivity index is 4.41. The first-order chi connectivity index (χ1) is 33.5. The number of carbonyl (C=O) groups excluding carboxylic acids is 3. The van der Waals surface area contributed by atoms with Gasteiger partial charge in [-0.3, -0.25) is 14.4 Å². The Morgan fingerprint density at radius 3 is 0.912 bits per heavy atom. The highest BCUT2D eigenvalue weighted by Gasteiger charge is 2.19. The second-order valence-corrected chi connectivity index (χ2v) is 19.2. The molecule has 0 aliphatic heterocycles. The first-order valence-corrected chi connectivity index (χ1v) is 28.9. The zero-order valence-corrected chi connectivity index (χ0v) is 44.9. The van der Waals surface area contributed by atoms with Crippen LogP contribution >= 0.6 is 0 Å². The lowest BCUT2D eigenvalue weighted by Gasteiger charge is -2.18. The van der Waals surface area contributed by atoms with Crippen LogP contribution in [0.1, 0.15) is 284 Å². The van der Waals surface area contributed by atoms with Gasteiger partial charge in [-0.25, -0.2) is 0 Å². The van der Waals surface area contributed by atoms with Crippen LogP contribution in [0.25, 0.3) is 0 Å². The summed E-state index contributed by atoms with van der Waals surface area (Å²) in [5.41, 5.74) is 0. The Bertz CT molecular complexity index is 1270. The molecule has 0 spiro atoms. The van der Waals surface area contributed by atoms with E-state index in [1.165, 1.54) is 128 Å². The quantitative estimate of drug-likeness (QED) is 0.0262. The highest BCUT2D eigenvalue weighted by Crippen LogP contribution is 2.16. The third-order valence-electron chi connectivity index (χ3n) is 12.4. The van der Waals surface area contributed by atoms with Gasteiger partial charge in [-0.05, 0) is 89.9 Å². The number of allylic oxidation sites excluding steroid dienone is 12. The fourth-order valence-electron chi connectivity index (χ4n) is 8.11. The normalized spacial score (nSPS) is 12.6. The van der Waals surface area contributed by atoms with Gasteiger partial charge in [0.05, 0.1) is 0 Å². The van der Waals surface area contributed by atoms with Crippen molar-refractivity contribution >= 4 is 17.9 Å². The van der Waals surface area contributed by atoms with Crippen LogP contribution in [-0.4, -0.2) is 37.2 Å². The molecule has 392 valence electrons. The Kier molecular flexibility index (Phi) is 53.8. The summed E-state index contributed by atoms with van der Waals surface area (Å²) in [7, 11) is 0. The molecular weight excluding hydrogens is 841 g/mol. The standard InChI is InChI=1S/C62H108O6/c1-4-7-10-13-16-19-22-25-28-30-31-32-35-37-40-43-46-49-52-55-61(64)67-58-59(57-66-60(63)54-51-48-45-42-39-36-33-27-24-21-18-15-12-9-6-3)68-62(65)56-53-50-47-44-41-38-34-29-26-23-20-17-14-11-8-5-2/h7,10,16,19-20,23,25,28-29,31-32,34,59H,4-6,8-9,11-15,17-18,21-22,24,26-27,30,33,35-58H2,1-3H3/b10-7-,19-16-,23-20-,28-25-,32-31-,34-29-. The average Bonchev–Trinajstić information content (AvgIpc) is 3.34. The highest BCUT2D eigenvalue weighted by atomic mass is 16.6.